The molecule has 2 N–H and O–H groups in total. The number of hydrogen-bond acceptors (Lipinski definition) is 4. The van der Waals surface area contributed by atoms with E-state index in [0.29, 0.717) is 17.3 Å². The van der Waals surface area contributed by atoms with Crippen LogP contribution in [0.1, 0.15) is 57.7 Å². The average molecular weight is 514 g/mol. The number of nitrogens with zero attached hydrogens (tertiary/aromatic N) is 5. The lowest BCUT2D eigenvalue weighted by Gasteiger charge is -2.25. The Kier molecular flexibility index (Phi) is 6.28. The summed E-state index contributed by atoms with van der Waals surface area (Å²) in [6.45, 7) is 4.27. The number of carbonyl (C=O) groups excluding carboxylic acids is 1. The number of piperidine rings is 1. The minimum Gasteiger partial charge on any atom is -0.356 e. The van der Waals surface area contributed by atoms with Crippen molar-refractivity contribution in [1.29, 1.82) is 0 Å². The van der Waals surface area contributed by atoms with Gasteiger partial charge in [-0.3, -0.25) is 9.48 Å². The van der Waals surface area contributed by atoms with Crippen LogP contribution in [-0.4, -0.2) is 61.4 Å². The number of hydrogen-bond donors (Lipinski definition) is 2. The second-order valence-electron chi connectivity index (χ2n) is 10.5. The number of aryl methyl sites for hydroxylation is 1. The minimum absolute atomic E-state index is 0.279. The van der Waals surface area contributed by atoms with E-state index >= 15 is 0 Å². The molecule has 2 aliphatic heterocycles. The summed E-state index contributed by atoms with van der Waals surface area (Å²) in [5.41, 5.74) is 5.05. The molecule has 1 amide bonds. The molecule has 1 unspecified atom stereocenters. The molecule has 3 aromatic heterocycles. The third-order valence-electron chi connectivity index (χ3n) is 7.81. The fourth-order valence-electron chi connectivity index (χ4n) is 5.62. The number of rotatable bonds is 4. The van der Waals surface area contributed by atoms with Crippen LogP contribution in [0.15, 0.2) is 36.7 Å². The first-order valence-corrected chi connectivity index (χ1v) is 13.2. The largest absolute Gasteiger partial charge is 0.356 e. The first kappa shape index (κ1) is 24.4. The Balaban J connectivity index is 1.31. The van der Waals surface area contributed by atoms with E-state index < -0.39 is 12.2 Å². The van der Waals surface area contributed by atoms with Crippen LogP contribution in [0.2, 0.25) is 0 Å². The number of H-pyrrole nitrogens is 1. The maximum absolute atomic E-state index is 14.2. The van der Waals surface area contributed by atoms with Gasteiger partial charge in [0.25, 0.3) is 5.91 Å². The van der Waals surface area contributed by atoms with Crippen molar-refractivity contribution in [2.24, 2.45) is 13.0 Å². The Bertz CT molecular complexity index is 1530. The topological polar surface area (TPSA) is 83.8 Å². The molecule has 0 saturated carbocycles. The minimum atomic E-state index is -0.949. The number of likely N-dealkylation sites (tertiary alicyclic amines) is 1. The van der Waals surface area contributed by atoms with E-state index in [1.807, 2.05) is 48.9 Å². The van der Waals surface area contributed by atoms with Crippen molar-refractivity contribution in [3.05, 3.63) is 70.7 Å². The molecule has 0 bridgehead atoms. The number of benzene rings is 1. The third-order valence-corrected chi connectivity index (χ3v) is 7.81. The molecule has 2 atom stereocenters. The number of carbonyl (C=O) groups is 1. The van der Waals surface area contributed by atoms with Gasteiger partial charge in [0.15, 0.2) is 5.69 Å². The molecule has 0 radical (unpaired) electrons. The van der Waals surface area contributed by atoms with E-state index in [0.717, 1.165) is 59.5 Å². The van der Waals surface area contributed by atoms with Gasteiger partial charge in [0.05, 0.1) is 18.6 Å². The quantitative estimate of drug-likeness (QED) is 0.409. The molecule has 0 spiro atoms. The summed E-state index contributed by atoms with van der Waals surface area (Å²) in [6, 6.07) is 9.38. The van der Waals surface area contributed by atoms with Crippen LogP contribution in [0.3, 0.4) is 0 Å². The van der Waals surface area contributed by atoms with Crippen molar-refractivity contribution in [3.8, 4) is 11.8 Å². The molecule has 196 valence electrons. The summed E-state index contributed by atoms with van der Waals surface area (Å²) >= 11 is 0. The molecule has 8 nitrogen and oxygen atoms in total. The Hall–Kier alpha value is -3.90. The van der Waals surface area contributed by atoms with Gasteiger partial charge in [-0.2, -0.15) is 5.10 Å². The summed E-state index contributed by atoms with van der Waals surface area (Å²) in [4.78, 5) is 24.0. The molecule has 4 aromatic rings. The smallest absolute Gasteiger partial charge is 0.272 e. The van der Waals surface area contributed by atoms with Gasteiger partial charge in [-0.05, 0) is 63.3 Å². The molecular formula is C29H32FN7O. The second kappa shape index (κ2) is 9.76. The number of para-hydroxylation sites is 1. The lowest BCUT2D eigenvalue weighted by molar-refractivity contribution is 0.0935. The Morgan fingerprint density at radius 2 is 2.03 bits per heavy atom. The van der Waals surface area contributed by atoms with E-state index in [4.69, 9.17) is 0 Å². The average Bonchev–Trinajstić information content (AvgIpc) is 3.65. The highest BCUT2D eigenvalue weighted by Crippen LogP contribution is 2.31. The number of aromatic nitrogens is 5. The summed E-state index contributed by atoms with van der Waals surface area (Å²) in [6.07, 6.45) is 3.09. The Labute approximate surface area is 221 Å². The standard InChI is InChI=1S/C29H32FN7O/c1-18-24(9-8-19-10-12-35(2)13-11-19)36(3)34-26(18)29(38)33-27(23-14-20-6-4-5-7-22(20)32-23)28-25-15-21(30)16-37(25)17-31-28/h4-7,14,17,19,21,27,32H,10-13,15-16H2,1-3H3,(H,33,38)/t21-,27?/m1/s1. The van der Waals surface area contributed by atoms with Crippen LogP contribution < -0.4 is 5.32 Å². The van der Waals surface area contributed by atoms with Gasteiger partial charge >= 0.3 is 0 Å². The zero-order valence-corrected chi connectivity index (χ0v) is 22.0. The Morgan fingerprint density at radius 3 is 2.82 bits per heavy atom. The maximum Gasteiger partial charge on any atom is 0.272 e. The zero-order chi connectivity index (χ0) is 26.4. The molecular weight excluding hydrogens is 481 g/mol. The van der Waals surface area contributed by atoms with Gasteiger partial charge < -0.3 is 19.8 Å². The second-order valence-corrected chi connectivity index (χ2v) is 10.5. The van der Waals surface area contributed by atoms with E-state index in [-0.39, 0.29) is 18.9 Å². The highest BCUT2D eigenvalue weighted by molar-refractivity contribution is 5.95. The summed E-state index contributed by atoms with van der Waals surface area (Å²) in [7, 11) is 3.96. The van der Waals surface area contributed by atoms with Gasteiger partial charge in [0, 0.05) is 41.9 Å². The third kappa shape index (κ3) is 4.50. The van der Waals surface area contributed by atoms with Crippen LogP contribution >= 0.6 is 0 Å². The number of nitrogens with one attached hydrogen (secondary N) is 2. The van der Waals surface area contributed by atoms with Gasteiger partial charge in [-0.1, -0.05) is 24.1 Å². The highest BCUT2D eigenvalue weighted by atomic mass is 19.1. The molecule has 9 heteroatoms. The molecule has 1 saturated heterocycles. The molecule has 5 heterocycles. The van der Waals surface area contributed by atoms with Crippen LogP contribution in [0.4, 0.5) is 4.39 Å². The fourth-order valence-corrected chi connectivity index (χ4v) is 5.62. The van der Waals surface area contributed by atoms with Gasteiger partial charge in [0.2, 0.25) is 0 Å². The van der Waals surface area contributed by atoms with Crippen molar-refractivity contribution in [1.82, 2.24) is 34.5 Å². The van der Waals surface area contributed by atoms with Crippen LogP contribution in [-0.2, 0) is 20.0 Å². The van der Waals surface area contributed by atoms with E-state index in [9.17, 15) is 9.18 Å². The first-order valence-electron chi connectivity index (χ1n) is 13.2. The van der Waals surface area contributed by atoms with Gasteiger partial charge in [-0.25, -0.2) is 9.37 Å². The predicted molar refractivity (Wildman–Crippen MR) is 143 cm³/mol. The maximum atomic E-state index is 14.2. The number of fused-ring (bicyclic) bond motifs is 2. The molecule has 1 aromatic carbocycles. The summed E-state index contributed by atoms with van der Waals surface area (Å²) < 4.78 is 17.8. The molecule has 0 aliphatic carbocycles. The van der Waals surface area contributed by atoms with Crippen LogP contribution in [0.5, 0.6) is 0 Å². The zero-order valence-electron chi connectivity index (χ0n) is 22.0. The molecule has 1 fully saturated rings. The number of alkyl halides is 1. The molecule has 38 heavy (non-hydrogen) atoms. The number of imidazole rings is 1. The molecule has 2 aliphatic rings. The van der Waals surface area contributed by atoms with Crippen molar-refractivity contribution in [2.75, 3.05) is 20.1 Å². The van der Waals surface area contributed by atoms with Crippen molar-refractivity contribution in [3.63, 3.8) is 0 Å². The van der Waals surface area contributed by atoms with Crippen LogP contribution in [0, 0.1) is 24.7 Å². The predicted octanol–water partition coefficient (Wildman–Crippen LogP) is 3.51. The first-order chi connectivity index (χ1) is 18.4. The van der Waals surface area contributed by atoms with Crippen molar-refractivity contribution < 1.29 is 9.18 Å². The fraction of sp³-hybridized carbons (Fsp3) is 0.414. The number of amides is 1. The normalized spacial score (nSPS) is 18.8. The summed E-state index contributed by atoms with van der Waals surface area (Å²) in [5.74, 6) is 6.74. The SMILES string of the molecule is Cc1c(C(=O)NC(c2cc3ccccc3[nH]2)c2ncn3c2C[C@@H](F)C3)nn(C)c1C#CC1CCN(C)CC1. The Morgan fingerprint density at radius 1 is 1.24 bits per heavy atom. The van der Waals surface area contributed by atoms with Crippen LogP contribution in [0.25, 0.3) is 10.9 Å². The van der Waals surface area contributed by atoms with Crippen molar-refractivity contribution >= 4 is 16.8 Å². The lowest BCUT2D eigenvalue weighted by atomic mass is 9.97. The van der Waals surface area contributed by atoms with E-state index in [1.54, 1.807) is 11.0 Å². The highest BCUT2D eigenvalue weighted by Gasteiger charge is 2.32. The van der Waals surface area contributed by atoms with E-state index in [1.165, 1.54) is 0 Å². The van der Waals surface area contributed by atoms with E-state index in [2.05, 4.69) is 44.2 Å². The number of aromatic amines is 1. The lowest BCUT2D eigenvalue weighted by Crippen LogP contribution is -2.31. The van der Waals surface area contributed by atoms with Crippen molar-refractivity contribution in [2.45, 2.75) is 44.9 Å². The van der Waals surface area contributed by atoms with Gasteiger partial charge in [-0.15, -0.1) is 0 Å². The van der Waals surface area contributed by atoms with Gasteiger partial charge in [0.1, 0.15) is 17.9 Å². The number of halogens is 1. The molecule has 6 rings (SSSR count). The monoisotopic (exact) mass is 513 g/mol. The summed E-state index contributed by atoms with van der Waals surface area (Å²) in [5, 5.41) is 8.72.